The normalized spacial score (nSPS) is 10.5. The Morgan fingerprint density at radius 1 is 0.636 bits per heavy atom. The molecule has 0 aliphatic carbocycles. The quantitative estimate of drug-likeness (QED) is 0.254. The minimum absolute atomic E-state index is 0.589. The zero-order valence-electron chi connectivity index (χ0n) is 18.3. The number of ether oxygens (including phenoxy) is 2. The maximum atomic E-state index is 9.03. The molecule has 164 valence electrons. The fourth-order valence-electron chi connectivity index (χ4n) is 3.52. The van der Waals surface area contributed by atoms with Crippen molar-refractivity contribution in [1.29, 1.82) is 10.5 Å². The molecule has 1 heterocycles. The van der Waals surface area contributed by atoms with Gasteiger partial charge in [-0.25, -0.2) is 0 Å². The zero-order chi connectivity index (χ0) is 22.9. The third kappa shape index (κ3) is 5.93. The lowest BCUT2D eigenvalue weighted by Gasteiger charge is -2.08. The van der Waals surface area contributed by atoms with Crippen LogP contribution in [0.3, 0.4) is 0 Å². The topological polar surface area (TPSA) is 79.2 Å². The van der Waals surface area contributed by atoms with Gasteiger partial charge in [0.1, 0.15) is 22.8 Å². The maximum Gasteiger partial charge on any atom is 0.136 e. The third-order valence-electron chi connectivity index (χ3n) is 5.35. The summed E-state index contributed by atoms with van der Waals surface area (Å²) >= 11 is 0. The molecule has 0 N–H and O–H groups in total. The van der Waals surface area contributed by atoms with Crippen LogP contribution in [0.2, 0.25) is 0 Å². The molecular formula is C28H24N2O3. The van der Waals surface area contributed by atoms with E-state index >= 15 is 0 Å². The Morgan fingerprint density at radius 2 is 1.21 bits per heavy atom. The van der Waals surface area contributed by atoms with E-state index < -0.39 is 0 Å². The monoisotopic (exact) mass is 436 g/mol. The number of nitriles is 2. The number of hydrogen-bond acceptors (Lipinski definition) is 5. The molecule has 0 atom stereocenters. The fourth-order valence-corrected chi connectivity index (χ4v) is 3.52. The Labute approximate surface area is 193 Å². The van der Waals surface area contributed by atoms with Gasteiger partial charge in [-0.1, -0.05) is 0 Å². The molecule has 3 aromatic carbocycles. The summed E-state index contributed by atoms with van der Waals surface area (Å²) in [6.07, 6.45) is 4.14. The molecule has 4 aromatic rings. The van der Waals surface area contributed by atoms with E-state index in [-0.39, 0.29) is 0 Å². The van der Waals surface area contributed by atoms with E-state index in [0.717, 1.165) is 53.9 Å². The molecule has 5 heteroatoms. The van der Waals surface area contributed by atoms with Gasteiger partial charge in [-0.3, -0.25) is 0 Å². The van der Waals surface area contributed by atoms with Crippen LogP contribution in [-0.4, -0.2) is 13.2 Å². The molecule has 0 saturated heterocycles. The average molecular weight is 437 g/mol. The molecule has 5 nitrogen and oxygen atoms in total. The Bertz CT molecular complexity index is 1280. The van der Waals surface area contributed by atoms with Crippen molar-refractivity contribution in [3.05, 3.63) is 83.9 Å². The van der Waals surface area contributed by atoms with E-state index in [2.05, 4.69) is 12.1 Å². The van der Waals surface area contributed by atoms with Crippen LogP contribution in [0.5, 0.6) is 11.5 Å². The predicted molar refractivity (Wildman–Crippen MR) is 127 cm³/mol. The third-order valence-corrected chi connectivity index (χ3v) is 5.35. The van der Waals surface area contributed by atoms with Gasteiger partial charge in [0, 0.05) is 10.9 Å². The first kappa shape index (κ1) is 22.0. The van der Waals surface area contributed by atoms with Gasteiger partial charge in [-0.15, -0.1) is 0 Å². The summed E-state index contributed by atoms with van der Waals surface area (Å²) in [5.74, 6) is 2.41. The van der Waals surface area contributed by atoms with Crippen LogP contribution in [0.15, 0.2) is 77.2 Å². The highest BCUT2D eigenvalue weighted by molar-refractivity contribution is 5.83. The van der Waals surface area contributed by atoms with Gasteiger partial charge in [0.2, 0.25) is 0 Å². The minimum atomic E-state index is 0.589. The lowest BCUT2D eigenvalue weighted by molar-refractivity contribution is 0.287. The largest absolute Gasteiger partial charge is 0.494 e. The number of nitrogens with zero attached hydrogens (tertiary/aromatic N) is 2. The molecule has 0 amide bonds. The summed E-state index contributed by atoms with van der Waals surface area (Å²) in [6, 6.07) is 26.7. The summed E-state index contributed by atoms with van der Waals surface area (Å²) in [5.41, 5.74) is 2.92. The molecular weight excluding hydrogens is 412 g/mol. The van der Waals surface area contributed by atoms with E-state index in [4.69, 9.17) is 24.4 Å². The molecule has 0 bridgehead atoms. The van der Waals surface area contributed by atoms with Crippen LogP contribution in [-0.2, 0) is 0 Å². The first-order valence-electron chi connectivity index (χ1n) is 11.0. The molecule has 33 heavy (non-hydrogen) atoms. The second-order valence-electron chi connectivity index (χ2n) is 7.75. The van der Waals surface area contributed by atoms with Crippen LogP contribution in [0.1, 0.15) is 36.8 Å². The van der Waals surface area contributed by atoms with Crippen molar-refractivity contribution in [3.8, 4) is 35.0 Å². The van der Waals surface area contributed by atoms with Gasteiger partial charge in [-0.05, 0) is 98.5 Å². The van der Waals surface area contributed by atoms with E-state index in [1.54, 1.807) is 24.3 Å². The highest BCUT2D eigenvalue weighted by Gasteiger charge is 2.07. The Hall–Kier alpha value is -4.22. The highest BCUT2D eigenvalue weighted by atomic mass is 16.5. The molecule has 0 fully saturated rings. The van der Waals surface area contributed by atoms with E-state index in [0.29, 0.717) is 29.9 Å². The van der Waals surface area contributed by atoms with Crippen molar-refractivity contribution < 1.29 is 13.9 Å². The summed E-state index contributed by atoms with van der Waals surface area (Å²) in [5, 5.41) is 18.8. The number of fused-ring (bicyclic) bond motifs is 1. The number of furan rings is 1. The Kier molecular flexibility index (Phi) is 7.25. The first-order chi connectivity index (χ1) is 16.2. The fraction of sp³-hybridized carbons (Fsp3) is 0.214. The van der Waals surface area contributed by atoms with E-state index in [1.807, 2.05) is 48.5 Å². The molecule has 0 unspecified atom stereocenters. The minimum Gasteiger partial charge on any atom is -0.494 e. The summed E-state index contributed by atoms with van der Waals surface area (Å²) < 4.78 is 17.5. The summed E-state index contributed by atoms with van der Waals surface area (Å²) in [6.45, 7) is 1.35. The van der Waals surface area contributed by atoms with Crippen LogP contribution in [0.4, 0.5) is 0 Å². The van der Waals surface area contributed by atoms with Crippen molar-refractivity contribution in [2.24, 2.45) is 0 Å². The number of rotatable bonds is 10. The standard InChI is InChI=1S/C28H24N2O3/c29-19-21-6-11-25(12-7-21)31-15-3-1-2-4-16-32-26-13-9-23(10-14-26)28-18-24-8-5-22(20-30)17-27(24)33-28/h5-14,17-18H,1-4,15-16H2. The van der Waals surface area contributed by atoms with Crippen molar-refractivity contribution in [2.45, 2.75) is 25.7 Å². The van der Waals surface area contributed by atoms with Gasteiger partial charge in [0.15, 0.2) is 0 Å². The van der Waals surface area contributed by atoms with Crippen LogP contribution >= 0.6 is 0 Å². The number of hydrogen-bond donors (Lipinski definition) is 0. The van der Waals surface area contributed by atoms with Gasteiger partial charge >= 0.3 is 0 Å². The summed E-state index contributed by atoms with van der Waals surface area (Å²) in [7, 11) is 0. The first-order valence-corrected chi connectivity index (χ1v) is 11.0. The van der Waals surface area contributed by atoms with Crippen LogP contribution < -0.4 is 9.47 Å². The average Bonchev–Trinajstić information content (AvgIpc) is 3.29. The summed E-state index contributed by atoms with van der Waals surface area (Å²) in [4.78, 5) is 0. The highest BCUT2D eigenvalue weighted by Crippen LogP contribution is 2.29. The molecule has 1 aromatic heterocycles. The number of benzene rings is 3. The smallest absolute Gasteiger partial charge is 0.136 e. The Balaban J connectivity index is 1.15. The van der Waals surface area contributed by atoms with Crippen LogP contribution in [0, 0.1) is 22.7 Å². The van der Waals surface area contributed by atoms with Gasteiger partial charge < -0.3 is 13.9 Å². The zero-order valence-corrected chi connectivity index (χ0v) is 18.3. The van der Waals surface area contributed by atoms with Gasteiger partial charge in [-0.2, -0.15) is 10.5 Å². The lowest BCUT2D eigenvalue weighted by Crippen LogP contribution is -2.00. The lowest BCUT2D eigenvalue weighted by atomic mass is 10.1. The molecule has 4 rings (SSSR count). The molecule has 0 aliphatic rings. The molecule has 0 saturated carbocycles. The van der Waals surface area contributed by atoms with E-state index in [9.17, 15) is 0 Å². The molecule has 0 aliphatic heterocycles. The Morgan fingerprint density at radius 3 is 1.82 bits per heavy atom. The molecule has 0 radical (unpaired) electrons. The SMILES string of the molecule is N#Cc1ccc(OCCCCCCOc2ccc(-c3cc4ccc(C#N)cc4o3)cc2)cc1. The van der Waals surface area contributed by atoms with Crippen molar-refractivity contribution in [2.75, 3.05) is 13.2 Å². The van der Waals surface area contributed by atoms with E-state index in [1.165, 1.54) is 0 Å². The van der Waals surface area contributed by atoms with Crippen molar-refractivity contribution in [1.82, 2.24) is 0 Å². The number of unbranched alkanes of at least 4 members (excludes halogenated alkanes) is 3. The van der Waals surface area contributed by atoms with Crippen molar-refractivity contribution >= 4 is 11.0 Å². The van der Waals surface area contributed by atoms with Crippen LogP contribution in [0.25, 0.3) is 22.3 Å². The maximum absolute atomic E-state index is 9.03. The van der Waals surface area contributed by atoms with Crippen molar-refractivity contribution in [3.63, 3.8) is 0 Å². The molecule has 0 spiro atoms. The predicted octanol–water partition coefficient (Wildman–Crippen LogP) is 6.86. The van der Waals surface area contributed by atoms with Gasteiger partial charge in [0.25, 0.3) is 0 Å². The second-order valence-corrected chi connectivity index (χ2v) is 7.75. The van der Waals surface area contributed by atoms with Gasteiger partial charge in [0.05, 0.1) is 36.5 Å². The second kappa shape index (κ2) is 10.9.